The van der Waals surface area contributed by atoms with Crippen molar-refractivity contribution in [3.63, 3.8) is 0 Å². The SMILES string of the molecule is CN(C)C1Cc2ccccc2CC1[N+](=O)[O-]. The van der Waals surface area contributed by atoms with Crippen LogP contribution in [0.4, 0.5) is 0 Å². The highest BCUT2D eigenvalue weighted by Crippen LogP contribution is 2.25. The van der Waals surface area contributed by atoms with Crippen molar-refractivity contribution in [3.8, 4) is 0 Å². The number of nitro groups is 1. The third-order valence-electron chi connectivity index (χ3n) is 3.35. The normalized spacial score (nSPS) is 24.2. The van der Waals surface area contributed by atoms with Gasteiger partial charge in [-0.15, -0.1) is 0 Å². The molecule has 0 radical (unpaired) electrons. The highest BCUT2D eigenvalue weighted by Gasteiger charge is 2.37. The maximum atomic E-state index is 11.1. The Morgan fingerprint density at radius 2 is 1.81 bits per heavy atom. The van der Waals surface area contributed by atoms with Gasteiger partial charge in [0.2, 0.25) is 6.04 Å². The van der Waals surface area contributed by atoms with Crippen LogP contribution in [0, 0.1) is 10.1 Å². The summed E-state index contributed by atoms with van der Waals surface area (Å²) in [5, 5.41) is 11.1. The van der Waals surface area contributed by atoms with E-state index >= 15 is 0 Å². The van der Waals surface area contributed by atoms with Crippen LogP contribution < -0.4 is 0 Å². The van der Waals surface area contributed by atoms with E-state index in [0.717, 1.165) is 12.0 Å². The number of hydrogen-bond acceptors (Lipinski definition) is 3. The van der Waals surface area contributed by atoms with E-state index in [4.69, 9.17) is 0 Å². The first kappa shape index (κ1) is 11.1. The van der Waals surface area contributed by atoms with E-state index in [0.29, 0.717) is 6.42 Å². The van der Waals surface area contributed by atoms with Crippen molar-refractivity contribution in [2.75, 3.05) is 14.1 Å². The second-order valence-electron chi connectivity index (χ2n) is 4.56. The van der Waals surface area contributed by atoms with Crippen molar-refractivity contribution in [1.82, 2.24) is 4.90 Å². The maximum Gasteiger partial charge on any atom is 0.232 e. The quantitative estimate of drug-likeness (QED) is 0.558. The summed E-state index contributed by atoms with van der Waals surface area (Å²) in [6.45, 7) is 0. The number of rotatable bonds is 2. The minimum atomic E-state index is -0.482. The molecule has 0 heterocycles. The van der Waals surface area contributed by atoms with Crippen LogP contribution >= 0.6 is 0 Å². The second-order valence-corrected chi connectivity index (χ2v) is 4.56. The molecule has 0 aromatic heterocycles. The Hall–Kier alpha value is -1.42. The van der Waals surface area contributed by atoms with Crippen LogP contribution in [-0.4, -0.2) is 36.0 Å². The lowest BCUT2D eigenvalue weighted by atomic mass is 9.84. The summed E-state index contributed by atoms with van der Waals surface area (Å²) >= 11 is 0. The standard InChI is InChI=1S/C12H16N2O2/c1-13(2)11-7-9-5-3-4-6-10(9)8-12(11)14(15)16/h3-6,11-12H,7-8H2,1-2H3. The predicted octanol–water partition coefficient (Wildman–Crippen LogP) is 1.36. The molecule has 1 aromatic carbocycles. The van der Waals surface area contributed by atoms with Crippen LogP contribution in [0.1, 0.15) is 11.1 Å². The third kappa shape index (κ3) is 1.93. The van der Waals surface area contributed by atoms with Crippen LogP contribution in [0.2, 0.25) is 0 Å². The Balaban J connectivity index is 2.33. The van der Waals surface area contributed by atoms with Crippen molar-refractivity contribution in [1.29, 1.82) is 0 Å². The van der Waals surface area contributed by atoms with Crippen LogP contribution in [0.15, 0.2) is 24.3 Å². The second kappa shape index (κ2) is 4.22. The number of benzene rings is 1. The number of fused-ring (bicyclic) bond motifs is 1. The summed E-state index contributed by atoms with van der Waals surface area (Å²) in [5.41, 5.74) is 2.38. The van der Waals surface area contributed by atoms with Gasteiger partial charge in [-0.25, -0.2) is 0 Å². The van der Waals surface area contributed by atoms with Crippen molar-refractivity contribution in [2.24, 2.45) is 0 Å². The molecule has 16 heavy (non-hydrogen) atoms. The fourth-order valence-electron chi connectivity index (χ4n) is 2.42. The van der Waals surface area contributed by atoms with E-state index < -0.39 is 6.04 Å². The van der Waals surface area contributed by atoms with E-state index in [-0.39, 0.29) is 11.0 Å². The first-order chi connectivity index (χ1) is 7.59. The molecule has 1 aliphatic carbocycles. The Bertz CT molecular complexity index is 404. The van der Waals surface area contributed by atoms with Gasteiger partial charge in [-0.1, -0.05) is 24.3 Å². The fourth-order valence-corrected chi connectivity index (χ4v) is 2.42. The van der Waals surface area contributed by atoms with Gasteiger partial charge in [0.15, 0.2) is 0 Å². The highest BCUT2D eigenvalue weighted by atomic mass is 16.6. The summed E-state index contributed by atoms with van der Waals surface area (Å²) in [6, 6.07) is 7.54. The average Bonchev–Trinajstić information content (AvgIpc) is 2.27. The molecule has 86 valence electrons. The smallest absolute Gasteiger partial charge is 0.232 e. The fraction of sp³-hybridized carbons (Fsp3) is 0.500. The van der Waals surface area contributed by atoms with Crippen LogP contribution in [0.25, 0.3) is 0 Å². The molecule has 0 fully saturated rings. The van der Waals surface area contributed by atoms with Crippen molar-refractivity contribution in [3.05, 3.63) is 45.5 Å². The zero-order valence-electron chi connectivity index (χ0n) is 9.59. The minimum Gasteiger partial charge on any atom is -0.300 e. The molecule has 0 spiro atoms. The zero-order chi connectivity index (χ0) is 11.7. The molecule has 1 aromatic rings. The summed E-state index contributed by atoms with van der Waals surface area (Å²) in [4.78, 5) is 12.9. The summed E-state index contributed by atoms with van der Waals surface area (Å²) < 4.78 is 0. The highest BCUT2D eigenvalue weighted by molar-refractivity contribution is 5.31. The molecule has 0 saturated heterocycles. The summed E-state index contributed by atoms with van der Waals surface area (Å²) in [5.74, 6) is 0. The lowest BCUT2D eigenvalue weighted by molar-refractivity contribution is -0.530. The third-order valence-corrected chi connectivity index (χ3v) is 3.35. The Kier molecular flexibility index (Phi) is 2.92. The van der Waals surface area contributed by atoms with Gasteiger partial charge in [0.25, 0.3) is 0 Å². The van der Waals surface area contributed by atoms with Crippen molar-refractivity contribution < 1.29 is 4.92 Å². The number of likely N-dealkylation sites (N-methyl/N-ethyl adjacent to an activating group) is 1. The van der Waals surface area contributed by atoms with Crippen LogP contribution in [0.3, 0.4) is 0 Å². The molecular formula is C12H16N2O2. The molecule has 0 saturated carbocycles. The topological polar surface area (TPSA) is 46.4 Å². The van der Waals surface area contributed by atoms with Gasteiger partial charge in [-0.05, 0) is 31.6 Å². The lowest BCUT2D eigenvalue weighted by Gasteiger charge is -2.31. The molecular weight excluding hydrogens is 204 g/mol. The number of nitrogens with zero attached hydrogens (tertiary/aromatic N) is 2. The molecule has 2 unspecified atom stereocenters. The Morgan fingerprint density at radius 3 is 2.31 bits per heavy atom. The largest absolute Gasteiger partial charge is 0.300 e. The molecule has 4 heteroatoms. The Labute approximate surface area is 95.0 Å². The molecule has 0 N–H and O–H groups in total. The molecule has 0 bridgehead atoms. The molecule has 2 rings (SSSR count). The molecule has 4 nitrogen and oxygen atoms in total. The van der Waals surface area contributed by atoms with Gasteiger partial charge in [-0.3, -0.25) is 15.0 Å². The van der Waals surface area contributed by atoms with E-state index in [1.165, 1.54) is 5.56 Å². The minimum absolute atomic E-state index is 0.00454. The van der Waals surface area contributed by atoms with E-state index in [9.17, 15) is 10.1 Å². The zero-order valence-corrected chi connectivity index (χ0v) is 9.59. The maximum absolute atomic E-state index is 11.1. The molecule has 1 aliphatic rings. The first-order valence-electron chi connectivity index (χ1n) is 5.46. The van der Waals surface area contributed by atoms with Gasteiger partial charge in [0.05, 0.1) is 6.04 Å². The summed E-state index contributed by atoms with van der Waals surface area (Å²) in [6.07, 6.45) is 1.32. The predicted molar refractivity (Wildman–Crippen MR) is 62.1 cm³/mol. The Morgan fingerprint density at radius 1 is 1.25 bits per heavy atom. The monoisotopic (exact) mass is 220 g/mol. The lowest BCUT2D eigenvalue weighted by Crippen LogP contribution is -2.48. The summed E-state index contributed by atoms with van der Waals surface area (Å²) in [7, 11) is 3.82. The first-order valence-corrected chi connectivity index (χ1v) is 5.46. The van der Waals surface area contributed by atoms with Crippen molar-refractivity contribution in [2.45, 2.75) is 24.9 Å². The van der Waals surface area contributed by atoms with Gasteiger partial charge in [0, 0.05) is 11.3 Å². The molecule has 0 amide bonds. The molecule has 2 atom stereocenters. The van der Waals surface area contributed by atoms with Crippen molar-refractivity contribution >= 4 is 0 Å². The van der Waals surface area contributed by atoms with Gasteiger partial charge < -0.3 is 0 Å². The van der Waals surface area contributed by atoms with Crippen LogP contribution in [-0.2, 0) is 12.8 Å². The molecule has 0 aliphatic heterocycles. The average molecular weight is 220 g/mol. The van der Waals surface area contributed by atoms with Gasteiger partial charge in [-0.2, -0.15) is 0 Å². The van der Waals surface area contributed by atoms with E-state index in [1.807, 2.05) is 37.2 Å². The van der Waals surface area contributed by atoms with Crippen LogP contribution in [0.5, 0.6) is 0 Å². The van der Waals surface area contributed by atoms with Gasteiger partial charge in [0.1, 0.15) is 0 Å². The van der Waals surface area contributed by atoms with E-state index in [2.05, 4.69) is 6.07 Å². The van der Waals surface area contributed by atoms with Gasteiger partial charge >= 0.3 is 0 Å². The van der Waals surface area contributed by atoms with E-state index in [1.54, 1.807) is 0 Å². The number of hydrogen-bond donors (Lipinski definition) is 0.